The van der Waals surface area contributed by atoms with Crippen LogP contribution in [-0.4, -0.2) is 42.3 Å². The van der Waals surface area contributed by atoms with Crippen LogP contribution >= 0.6 is 11.6 Å². The zero-order valence-electron chi connectivity index (χ0n) is 10.5. The number of fused-ring (bicyclic) bond motifs is 1. The molecule has 96 valence electrons. The minimum atomic E-state index is 0.262. The van der Waals surface area contributed by atoms with E-state index in [0.29, 0.717) is 0 Å². The van der Waals surface area contributed by atoms with E-state index in [0.717, 1.165) is 36.7 Å². The molecule has 1 aromatic carbocycles. The molecule has 0 bridgehead atoms. The summed E-state index contributed by atoms with van der Waals surface area (Å²) in [5.41, 5.74) is 1.18. The Kier molecular flexibility index (Phi) is 3.29. The number of morpholine rings is 1. The molecule has 1 atom stereocenters. The van der Waals surface area contributed by atoms with Crippen LogP contribution in [0.5, 0.6) is 0 Å². The fraction of sp³-hybridized carbons (Fsp3) is 0.429. The highest BCUT2D eigenvalue weighted by Crippen LogP contribution is 2.24. The summed E-state index contributed by atoms with van der Waals surface area (Å²) in [5, 5.41) is 1.93. The number of nitrogens with zero attached hydrogens (tertiary/aromatic N) is 2. The maximum atomic E-state index is 6.18. The molecule has 0 aliphatic carbocycles. The molecule has 1 unspecified atom stereocenters. The Morgan fingerprint density at radius 1 is 1.39 bits per heavy atom. The number of hydrogen-bond donors (Lipinski definition) is 0. The van der Waals surface area contributed by atoms with E-state index < -0.39 is 0 Å². The van der Waals surface area contributed by atoms with E-state index in [2.05, 4.69) is 34.8 Å². The number of halogens is 1. The molecule has 3 rings (SSSR count). The average molecular weight is 265 g/mol. The van der Waals surface area contributed by atoms with E-state index in [9.17, 15) is 0 Å². The highest BCUT2D eigenvalue weighted by molar-refractivity contribution is 6.35. The van der Waals surface area contributed by atoms with Crippen LogP contribution in [0.2, 0.25) is 5.02 Å². The minimum Gasteiger partial charge on any atom is -0.374 e. The Morgan fingerprint density at radius 2 is 2.28 bits per heavy atom. The summed E-state index contributed by atoms with van der Waals surface area (Å²) in [5.74, 6) is 0. The molecule has 1 saturated heterocycles. The van der Waals surface area contributed by atoms with Gasteiger partial charge in [-0.15, -0.1) is 0 Å². The second-order valence-corrected chi connectivity index (χ2v) is 5.30. The third kappa shape index (κ3) is 2.26. The molecule has 2 heterocycles. The van der Waals surface area contributed by atoms with Gasteiger partial charge >= 0.3 is 0 Å². The number of benzene rings is 1. The van der Waals surface area contributed by atoms with Gasteiger partial charge in [0.05, 0.1) is 19.3 Å². The summed E-state index contributed by atoms with van der Waals surface area (Å²) < 4.78 is 8.03. The van der Waals surface area contributed by atoms with Crippen LogP contribution in [0.1, 0.15) is 0 Å². The SMILES string of the molecule is CN1CCOC(Cn2ccc3c(Cl)cccc32)C1. The second kappa shape index (κ2) is 4.92. The van der Waals surface area contributed by atoms with Crippen LogP contribution in [0.15, 0.2) is 30.5 Å². The Labute approximate surface area is 112 Å². The van der Waals surface area contributed by atoms with Gasteiger partial charge in [-0.1, -0.05) is 17.7 Å². The summed E-state index contributed by atoms with van der Waals surface area (Å²) in [6, 6.07) is 8.10. The lowest BCUT2D eigenvalue weighted by Gasteiger charge is -2.30. The number of hydrogen-bond acceptors (Lipinski definition) is 2. The van der Waals surface area contributed by atoms with Crippen LogP contribution in [-0.2, 0) is 11.3 Å². The second-order valence-electron chi connectivity index (χ2n) is 4.90. The van der Waals surface area contributed by atoms with Gasteiger partial charge in [-0.3, -0.25) is 0 Å². The van der Waals surface area contributed by atoms with Crippen LogP contribution in [0.4, 0.5) is 0 Å². The summed E-state index contributed by atoms with van der Waals surface area (Å²) in [7, 11) is 2.14. The molecule has 1 fully saturated rings. The number of ether oxygens (including phenoxy) is 1. The predicted molar refractivity (Wildman–Crippen MR) is 74.2 cm³/mol. The molecule has 18 heavy (non-hydrogen) atoms. The third-order valence-corrected chi connectivity index (χ3v) is 3.83. The summed E-state index contributed by atoms with van der Waals surface area (Å²) in [6.45, 7) is 3.71. The first-order chi connectivity index (χ1) is 8.74. The van der Waals surface area contributed by atoms with Crippen LogP contribution in [0.25, 0.3) is 10.9 Å². The van der Waals surface area contributed by atoms with Gasteiger partial charge in [0.1, 0.15) is 0 Å². The van der Waals surface area contributed by atoms with Crippen LogP contribution < -0.4 is 0 Å². The first-order valence-electron chi connectivity index (χ1n) is 6.27. The standard InChI is InChI=1S/C14H17ClN2O/c1-16-7-8-18-11(9-16)10-17-6-5-12-13(15)3-2-4-14(12)17/h2-6,11H,7-10H2,1H3. The van der Waals surface area contributed by atoms with E-state index in [-0.39, 0.29) is 6.10 Å². The van der Waals surface area contributed by atoms with E-state index >= 15 is 0 Å². The highest BCUT2D eigenvalue weighted by atomic mass is 35.5. The minimum absolute atomic E-state index is 0.262. The highest BCUT2D eigenvalue weighted by Gasteiger charge is 2.18. The first kappa shape index (κ1) is 12.0. The predicted octanol–water partition coefficient (Wildman–Crippen LogP) is 2.63. The molecule has 4 heteroatoms. The molecule has 0 amide bonds. The van der Waals surface area contributed by atoms with Crippen molar-refractivity contribution in [2.24, 2.45) is 0 Å². The maximum absolute atomic E-state index is 6.18. The van der Waals surface area contributed by atoms with Gasteiger partial charge in [-0.05, 0) is 25.2 Å². The Morgan fingerprint density at radius 3 is 3.11 bits per heavy atom. The number of rotatable bonds is 2. The van der Waals surface area contributed by atoms with Gasteiger partial charge in [0.2, 0.25) is 0 Å². The van der Waals surface area contributed by atoms with Crippen molar-refractivity contribution in [2.75, 3.05) is 26.7 Å². The van der Waals surface area contributed by atoms with Gasteiger partial charge in [0.15, 0.2) is 0 Å². The maximum Gasteiger partial charge on any atom is 0.0881 e. The average Bonchev–Trinajstić information content (AvgIpc) is 2.74. The normalized spacial score (nSPS) is 21.6. The smallest absolute Gasteiger partial charge is 0.0881 e. The van der Waals surface area contributed by atoms with E-state index in [1.807, 2.05) is 12.1 Å². The number of aromatic nitrogens is 1. The Balaban J connectivity index is 1.84. The lowest BCUT2D eigenvalue weighted by atomic mass is 10.2. The van der Waals surface area contributed by atoms with Crippen molar-refractivity contribution in [1.29, 1.82) is 0 Å². The zero-order chi connectivity index (χ0) is 12.5. The van der Waals surface area contributed by atoms with Crippen molar-refractivity contribution in [3.63, 3.8) is 0 Å². The number of likely N-dealkylation sites (N-methyl/N-ethyl adjacent to an activating group) is 1. The van der Waals surface area contributed by atoms with Gasteiger partial charge in [0.25, 0.3) is 0 Å². The van der Waals surface area contributed by atoms with Gasteiger partial charge in [-0.2, -0.15) is 0 Å². The van der Waals surface area contributed by atoms with Crippen LogP contribution in [0.3, 0.4) is 0 Å². The molecule has 0 N–H and O–H groups in total. The Hall–Kier alpha value is -1.03. The van der Waals surface area contributed by atoms with E-state index in [1.54, 1.807) is 0 Å². The van der Waals surface area contributed by atoms with Gasteiger partial charge in [-0.25, -0.2) is 0 Å². The van der Waals surface area contributed by atoms with Gasteiger partial charge in [0, 0.05) is 35.2 Å². The molecular formula is C14H17ClN2O. The summed E-state index contributed by atoms with van der Waals surface area (Å²) >= 11 is 6.18. The fourth-order valence-corrected chi connectivity index (χ4v) is 2.77. The van der Waals surface area contributed by atoms with E-state index in [1.165, 1.54) is 5.52 Å². The first-order valence-corrected chi connectivity index (χ1v) is 6.65. The molecule has 0 spiro atoms. The third-order valence-electron chi connectivity index (χ3n) is 3.50. The molecule has 3 nitrogen and oxygen atoms in total. The summed E-state index contributed by atoms with van der Waals surface area (Å²) in [4.78, 5) is 2.31. The lowest BCUT2D eigenvalue weighted by molar-refractivity contribution is -0.0269. The molecule has 1 aliphatic heterocycles. The lowest BCUT2D eigenvalue weighted by Crippen LogP contribution is -2.41. The Bertz CT molecular complexity index is 552. The van der Waals surface area contributed by atoms with Crippen molar-refractivity contribution in [1.82, 2.24) is 9.47 Å². The summed E-state index contributed by atoms with van der Waals surface area (Å²) in [6.07, 6.45) is 2.35. The van der Waals surface area contributed by atoms with Crippen molar-refractivity contribution in [3.8, 4) is 0 Å². The van der Waals surface area contributed by atoms with Gasteiger partial charge < -0.3 is 14.2 Å². The quantitative estimate of drug-likeness (QED) is 0.830. The largest absolute Gasteiger partial charge is 0.374 e. The van der Waals surface area contributed by atoms with Crippen molar-refractivity contribution in [3.05, 3.63) is 35.5 Å². The van der Waals surface area contributed by atoms with Crippen molar-refractivity contribution < 1.29 is 4.74 Å². The molecular weight excluding hydrogens is 248 g/mol. The topological polar surface area (TPSA) is 17.4 Å². The molecule has 1 aliphatic rings. The molecule has 0 saturated carbocycles. The molecule has 2 aromatic rings. The molecule has 0 radical (unpaired) electrons. The van der Waals surface area contributed by atoms with Crippen LogP contribution in [0, 0.1) is 0 Å². The molecule has 1 aromatic heterocycles. The monoisotopic (exact) mass is 264 g/mol. The zero-order valence-corrected chi connectivity index (χ0v) is 11.2. The van der Waals surface area contributed by atoms with Crippen molar-refractivity contribution >= 4 is 22.5 Å². The fourth-order valence-electron chi connectivity index (χ4n) is 2.54. The van der Waals surface area contributed by atoms with Crippen molar-refractivity contribution in [2.45, 2.75) is 12.6 Å². The van der Waals surface area contributed by atoms with E-state index in [4.69, 9.17) is 16.3 Å².